The Morgan fingerprint density at radius 1 is 1.33 bits per heavy atom. The summed E-state index contributed by atoms with van der Waals surface area (Å²) in [7, 11) is 0. The van der Waals surface area contributed by atoms with Crippen LogP contribution < -0.4 is 10.2 Å². The van der Waals surface area contributed by atoms with Gasteiger partial charge in [-0.15, -0.1) is 0 Å². The van der Waals surface area contributed by atoms with Gasteiger partial charge in [-0.2, -0.15) is 13.2 Å². The van der Waals surface area contributed by atoms with Crippen molar-refractivity contribution in [1.29, 1.82) is 0 Å². The summed E-state index contributed by atoms with van der Waals surface area (Å²) in [5.41, 5.74) is 0. The first-order chi connectivity index (χ1) is 9.84. The topological polar surface area (TPSA) is 61.4 Å². The summed E-state index contributed by atoms with van der Waals surface area (Å²) in [4.78, 5) is 21.6. The number of aromatic nitrogens is 2. The molecule has 1 aromatic heterocycles. The van der Waals surface area contributed by atoms with Crippen molar-refractivity contribution in [2.24, 2.45) is 0 Å². The molecule has 0 bridgehead atoms. The Bertz CT molecular complexity index is 581. The van der Waals surface area contributed by atoms with Crippen molar-refractivity contribution in [1.82, 2.24) is 20.2 Å². The van der Waals surface area contributed by atoms with Crippen LogP contribution in [0.3, 0.4) is 0 Å². The molecule has 2 amide bonds. The Morgan fingerprint density at radius 3 is 2.81 bits per heavy atom. The van der Waals surface area contributed by atoms with Gasteiger partial charge in [-0.1, -0.05) is 11.6 Å². The fourth-order valence-corrected chi connectivity index (χ4v) is 2.68. The molecule has 0 radical (unpaired) electrons. The second-order valence-corrected chi connectivity index (χ2v) is 5.24. The van der Waals surface area contributed by atoms with Gasteiger partial charge in [0, 0.05) is 32.2 Å². The maximum absolute atomic E-state index is 12.7. The number of rotatable bonds is 1. The third kappa shape index (κ3) is 2.69. The molecule has 2 aliphatic heterocycles. The van der Waals surface area contributed by atoms with Gasteiger partial charge in [-0.05, 0) is 0 Å². The first kappa shape index (κ1) is 14.2. The van der Waals surface area contributed by atoms with E-state index in [4.69, 9.17) is 11.6 Å². The molecule has 21 heavy (non-hydrogen) atoms. The first-order valence-electron chi connectivity index (χ1n) is 6.26. The number of amides is 2. The van der Waals surface area contributed by atoms with E-state index in [0.717, 1.165) is 0 Å². The Hall–Kier alpha value is -1.77. The zero-order valence-electron chi connectivity index (χ0n) is 10.7. The smallest absolute Gasteiger partial charge is 0.353 e. The van der Waals surface area contributed by atoms with Crippen molar-refractivity contribution < 1.29 is 18.0 Å². The van der Waals surface area contributed by atoms with Crippen molar-refractivity contribution in [3.8, 4) is 0 Å². The second-order valence-electron chi connectivity index (χ2n) is 4.85. The number of carbonyl (C=O) groups is 1. The van der Waals surface area contributed by atoms with Gasteiger partial charge < -0.3 is 15.1 Å². The number of piperazine rings is 1. The lowest BCUT2D eigenvalue weighted by Crippen LogP contribution is -2.52. The molecule has 1 aromatic rings. The van der Waals surface area contributed by atoms with Gasteiger partial charge in [-0.3, -0.25) is 0 Å². The predicted octanol–water partition coefficient (Wildman–Crippen LogP) is 1.36. The molecule has 10 heteroatoms. The molecule has 0 aromatic carbocycles. The van der Waals surface area contributed by atoms with E-state index in [0.29, 0.717) is 26.2 Å². The van der Waals surface area contributed by atoms with E-state index in [9.17, 15) is 18.0 Å². The Kier molecular flexibility index (Phi) is 3.31. The van der Waals surface area contributed by atoms with Gasteiger partial charge in [0.15, 0.2) is 0 Å². The molecule has 0 saturated carbocycles. The summed E-state index contributed by atoms with van der Waals surface area (Å²) in [5.74, 6) is -1.13. The molecule has 3 heterocycles. The molecule has 0 aliphatic carbocycles. The molecule has 1 unspecified atom stereocenters. The number of hydrogen-bond donors (Lipinski definition) is 1. The first-order valence-corrected chi connectivity index (χ1v) is 6.63. The summed E-state index contributed by atoms with van der Waals surface area (Å²) in [6.45, 7) is 1.71. The van der Waals surface area contributed by atoms with Crippen LogP contribution >= 0.6 is 11.6 Å². The van der Waals surface area contributed by atoms with E-state index in [1.165, 1.54) is 6.07 Å². The predicted molar refractivity (Wildman–Crippen MR) is 68.1 cm³/mol. The average molecular weight is 322 g/mol. The van der Waals surface area contributed by atoms with Crippen LogP contribution in [0.25, 0.3) is 0 Å². The van der Waals surface area contributed by atoms with Crippen LogP contribution in [0.1, 0.15) is 5.82 Å². The number of anilines is 1. The van der Waals surface area contributed by atoms with E-state index >= 15 is 0 Å². The highest BCUT2D eigenvalue weighted by atomic mass is 35.5. The second kappa shape index (κ2) is 4.90. The van der Waals surface area contributed by atoms with Crippen molar-refractivity contribution in [2.75, 3.05) is 31.1 Å². The number of urea groups is 1. The van der Waals surface area contributed by atoms with Crippen LogP contribution in [0.2, 0.25) is 5.15 Å². The summed E-state index contributed by atoms with van der Waals surface area (Å²) >= 11 is 5.66. The molecule has 114 valence electrons. The van der Waals surface area contributed by atoms with Crippen molar-refractivity contribution in [3.05, 3.63) is 17.0 Å². The SMILES string of the molecule is O=C1NCC2CN(c3cc(Cl)nc(C(F)(F)F)n3)CCN12. The van der Waals surface area contributed by atoms with Gasteiger partial charge >= 0.3 is 12.2 Å². The molecule has 2 fully saturated rings. The van der Waals surface area contributed by atoms with E-state index in [1.54, 1.807) is 9.80 Å². The molecule has 1 atom stereocenters. The number of fused-ring (bicyclic) bond motifs is 1. The van der Waals surface area contributed by atoms with Crippen LogP contribution in [0.15, 0.2) is 6.07 Å². The van der Waals surface area contributed by atoms with E-state index in [-0.39, 0.29) is 23.0 Å². The maximum atomic E-state index is 12.7. The molecule has 6 nitrogen and oxygen atoms in total. The molecule has 2 aliphatic rings. The molecular formula is C11H11ClF3N5O. The minimum atomic E-state index is -4.65. The molecular weight excluding hydrogens is 311 g/mol. The minimum Gasteiger partial charge on any atom is -0.353 e. The van der Waals surface area contributed by atoms with Crippen molar-refractivity contribution in [2.45, 2.75) is 12.2 Å². The Labute approximate surface area is 122 Å². The number of alkyl halides is 3. The summed E-state index contributed by atoms with van der Waals surface area (Å²) in [6.07, 6.45) is -4.65. The van der Waals surface area contributed by atoms with Crippen LogP contribution in [0.5, 0.6) is 0 Å². The summed E-state index contributed by atoms with van der Waals surface area (Å²) in [5, 5.41) is 2.45. The van der Waals surface area contributed by atoms with Crippen LogP contribution in [-0.2, 0) is 6.18 Å². The van der Waals surface area contributed by atoms with Crippen LogP contribution in [0, 0.1) is 0 Å². The van der Waals surface area contributed by atoms with E-state index < -0.39 is 12.0 Å². The fourth-order valence-electron chi connectivity index (χ4n) is 2.51. The number of nitrogens with one attached hydrogen (secondary N) is 1. The minimum absolute atomic E-state index is 0.0747. The maximum Gasteiger partial charge on any atom is 0.451 e. The number of hydrogen-bond acceptors (Lipinski definition) is 4. The third-order valence-corrected chi connectivity index (χ3v) is 3.69. The quantitative estimate of drug-likeness (QED) is 0.794. The highest BCUT2D eigenvalue weighted by Gasteiger charge is 2.38. The Morgan fingerprint density at radius 2 is 2.10 bits per heavy atom. The highest BCUT2D eigenvalue weighted by molar-refractivity contribution is 6.29. The number of carbonyl (C=O) groups excluding carboxylic acids is 1. The number of halogens is 4. The average Bonchev–Trinajstić information content (AvgIpc) is 2.78. The lowest BCUT2D eigenvalue weighted by Gasteiger charge is -2.37. The van der Waals surface area contributed by atoms with Crippen LogP contribution in [0.4, 0.5) is 23.8 Å². The molecule has 1 N–H and O–H groups in total. The standard InChI is InChI=1S/C11H11ClF3N5O/c12-7-3-8(18-9(17-7)11(13,14)15)19-1-2-20-6(5-19)4-16-10(20)21/h3,6H,1-2,4-5H2,(H,16,21). The van der Waals surface area contributed by atoms with Gasteiger partial charge in [0.25, 0.3) is 0 Å². The van der Waals surface area contributed by atoms with Gasteiger partial charge in [0.1, 0.15) is 11.0 Å². The molecule has 0 spiro atoms. The van der Waals surface area contributed by atoms with Crippen LogP contribution in [-0.4, -0.2) is 53.1 Å². The van der Waals surface area contributed by atoms with E-state index in [1.807, 2.05) is 0 Å². The zero-order valence-corrected chi connectivity index (χ0v) is 11.4. The lowest BCUT2D eigenvalue weighted by atomic mass is 10.2. The summed E-state index contributed by atoms with van der Waals surface area (Å²) < 4.78 is 38.1. The van der Waals surface area contributed by atoms with E-state index in [2.05, 4.69) is 15.3 Å². The monoisotopic (exact) mass is 321 g/mol. The molecule has 3 rings (SSSR count). The highest BCUT2D eigenvalue weighted by Crippen LogP contribution is 2.30. The Balaban J connectivity index is 1.84. The largest absolute Gasteiger partial charge is 0.451 e. The fraction of sp³-hybridized carbons (Fsp3) is 0.545. The number of nitrogens with zero attached hydrogens (tertiary/aromatic N) is 4. The lowest BCUT2D eigenvalue weighted by molar-refractivity contribution is -0.144. The van der Waals surface area contributed by atoms with Crippen molar-refractivity contribution >= 4 is 23.4 Å². The summed E-state index contributed by atoms with van der Waals surface area (Å²) in [6, 6.07) is 1.09. The van der Waals surface area contributed by atoms with Gasteiger partial charge in [0.2, 0.25) is 5.82 Å². The zero-order chi connectivity index (χ0) is 15.2. The third-order valence-electron chi connectivity index (χ3n) is 3.49. The normalized spacial score (nSPS) is 22.3. The van der Waals surface area contributed by atoms with Gasteiger partial charge in [-0.25, -0.2) is 14.8 Å². The molecule has 2 saturated heterocycles. The van der Waals surface area contributed by atoms with Gasteiger partial charge in [0.05, 0.1) is 6.04 Å². The van der Waals surface area contributed by atoms with Crippen molar-refractivity contribution in [3.63, 3.8) is 0 Å².